The number of nitrogens with zero attached hydrogens (tertiary/aromatic N) is 2. The first-order valence-electron chi connectivity index (χ1n) is 9.82. The first kappa shape index (κ1) is 18.8. The lowest BCUT2D eigenvalue weighted by Crippen LogP contribution is -2.53. The topological polar surface area (TPSA) is 15.7 Å². The molecule has 140 valence electrons. The van der Waals surface area contributed by atoms with E-state index in [0.29, 0.717) is 18.0 Å². The number of hydrogen-bond donors (Lipinski definition) is 0. The monoisotopic (exact) mass is 348 g/mol. The van der Waals surface area contributed by atoms with Crippen molar-refractivity contribution >= 4 is 0 Å². The van der Waals surface area contributed by atoms with Gasteiger partial charge in [-0.1, -0.05) is 12.1 Å². The highest BCUT2D eigenvalue weighted by atomic mass is 19.1. The molecule has 0 saturated carbocycles. The summed E-state index contributed by atoms with van der Waals surface area (Å²) in [6.45, 7) is 9.22. The van der Waals surface area contributed by atoms with Crippen LogP contribution in [0.2, 0.25) is 0 Å². The highest BCUT2D eigenvalue weighted by Gasteiger charge is 2.34. The van der Waals surface area contributed by atoms with Gasteiger partial charge in [-0.25, -0.2) is 4.39 Å². The summed E-state index contributed by atoms with van der Waals surface area (Å²) in [4.78, 5) is 5.25. The molecule has 3 rings (SSSR count). The number of rotatable bonds is 5. The molecular formula is C21H33FN2O. The molecule has 0 radical (unpaired) electrons. The van der Waals surface area contributed by atoms with E-state index in [1.165, 1.54) is 37.9 Å². The van der Waals surface area contributed by atoms with Crippen molar-refractivity contribution in [1.82, 2.24) is 9.80 Å². The van der Waals surface area contributed by atoms with E-state index < -0.39 is 0 Å². The molecule has 0 unspecified atom stereocenters. The molecule has 2 aliphatic rings. The zero-order chi connectivity index (χ0) is 17.8. The smallest absolute Gasteiger partial charge is 0.123 e. The Hall–Kier alpha value is -0.970. The number of methoxy groups -OCH3 is 1. The molecule has 2 saturated heterocycles. The predicted octanol–water partition coefficient (Wildman–Crippen LogP) is 3.58. The maximum Gasteiger partial charge on any atom is 0.123 e. The molecule has 0 aromatic heterocycles. The van der Waals surface area contributed by atoms with Crippen LogP contribution in [-0.4, -0.2) is 61.3 Å². The van der Waals surface area contributed by atoms with Crippen LogP contribution in [-0.2, 0) is 11.2 Å². The second-order valence-electron chi connectivity index (χ2n) is 8.01. The lowest BCUT2D eigenvalue weighted by molar-refractivity contribution is -0.0348. The maximum atomic E-state index is 13.1. The highest BCUT2D eigenvalue weighted by molar-refractivity contribution is 5.17. The van der Waals surface area contributed by atoms with Gasteiger partial charge in [-0.3, -0.25) is 4.90 Å². The third-order valence-electron chi connectivity index (χ3n) is 6.19. The Morgan fingerprint density at radius 1 is 1.08 bits per heavy atom. The Balaban J connectivity index is 1.54. The number of benzene rings is 1. The Bertz CT molecular complexity index is 525. The molecule has 0 bridgehead atoms. The third kappa shape index (κ3) is 4.81. The van der Waals surface area contributed by atoms with Gasteiger partial charge in [0.15, 0.2) is 0 Å². The van der Waals surface area contributed by atoms with Gasteiger partial charge >= 0.3 is 0 Å². The van der Waals surface area contributed by atoms with Crippen molar-refractivity contribution in [1.29, 1.82) is 0 Å². The van der Waals surface area contributed by atoms with Crippen molar-refractivity contribution in [2.45, 2.75) is 57.7 Å². The lowest BCUT2D eigenvalue weighted by Gasteiger charge is -2.45. The minimum absolute atomic E-state index is 0.158. The summed E-state index contributed by atoms with van der Waals surface area (Å²) in [7, 11) is 1.84. The van der Waals surface area contributed by atoms with Crippen LogP contribution in [0.25, 0.3) is 0 Å². The Morgan fingerprint density at radius 3 is 2.36 bits per heavy atom. The number of likely N-dealkylation sites (tertiary alicyclic amines) is 2. The molecule has 3 nitrogen and oxygen atoms in total. The lowest BCUT2D eigenvalue weighted by atomic mass is 9.86. The number of halogens is 1. The second kappa shape index (κ2) is 8.61. The van der Waals surface area contributed by atoms with Gasteiger partial charge in [0.2, 0.25) is 0 Å². The largest absolute Gasteiger partial charge is 0.380 e. The average Bonchev–Trinajstić information content (AvgIpc) is 2.64. The van der Waals surface area contributed by atoms with Crippen LogP contribution in [0.15, 0.2) is 24.3 Å². The molecule has 25 heavy (non-hydrogen) atoms. The Labute approximate surface area is 152 Å². The van der Waals surface area contributed by atoms with Crippen molar-refractivity contribution < 1.29 is 9.13 Å². The average molecular weight is 349 g/mol. The van der Waals surface area contributed by atoms with Crippen LogP contribution >= 0.6 is 0 Å². The minimum Gasteiger partial charge on any atom is -0.380 e. The summed E-state index contributed by atoms with van der Waals surface area (Å²) >= 11 is 0. The fourth-order valence-electron chi connectivity index (χ4n) is 4.51. The number of piperidine rings is 2. The van der Waals surface area contributed by atoms with E-state index in [1.807, 2.05) is 19.2 Å². The van der Waals surface area contributed by atoms with Crippen LogP contribution in [0.5, 0.6) is 0 Å². The highest BCUT2D eigenvalue weighted by Crippen LogP contribution is 2.28. The van der Waals surface area contributed by atoms with Crippen LogP contribution in [0.1, 0.15) is 38.7 Å². The summed E-state index contributed by atoms with van der Waals surface area (Å²) in [5.74, 6) is 0.372. The van der Waals surface area contributed by atoms with Crippen molar-refractivity contribution in [3.05, 3.63) is 35.6 Å². The van der Waals surface area contributed by atoms with E-state index in [1.54, 1.807) is 12.1 Å². The van der Waals surface area contributed by atoms with Gasteiger partial charge in [0.25, 0.3) is 0 Å². The van der Waals surface area contributed by atoms with E-state index in [0.717, 1.165) is 19.5 Å². The first-order chi connectivity index (χ1) is 12.1. The van der Waals surface area contributed by atoms with Crippen LogP contribution in [0.4, 0.5) is 4.39 Å². The van der Waals surface area contributed by atoms with Crippen molar-refractivity contribution in [2.24, 2.45) is 5.92 Å². The fraction of sp³-hybridized carbons (Fsp3) is 0.714. The van der Waals surface area contributed by atoms with E-state index in [4.69, 9.17) is 4.74 Å². The molecule has 4 heteroatoms. The van der Waals surface area contributed by atoms with Crippen molar-refractivity contribution in [3.8, 4) is 0 Å². The first-order valence-corrected chi connectivity index (χ1v) is 9.82. The summed E-state index contributed by atoms with van der Waals surface area (Å²) < 4.78 is 19.0. The molecule has 1 aromatic rings. The summed E-state index contributed by atoms with van der Waals surface area (Å²) in [6.07, 6.45) is 4.98. The van der Waals surface area contributed by atoms with Gasteiger partial charge in [0.05, 0.1) is 6.10 Å². The molecule has 0 aliphatic carbocycles. The van der Waals surface area contributed by atoms with E-state index >= 15 is 0 Å². The van der Waals surface area contributed by atoms with Gasteiger partial charge in [-0.15, -0.1) is 0 Å². The standard InChI is InChI=1S/C21H33FN2O/c1-16(2)23-12-9-20(10-13-23)24-11-8-18(21(15-24)25-3)14-17-4-6-19(22)7-5-17/h4-7,16,18,20-21H,8-15H2,1-3H3/t18-,21+/m1/s1. The second-order valence-corrected chi connectivity index (χ2v) is 8.01. The van der Waals surface area contributed by atoms with Gasteiger partial charge in [-0.2, -0.15) is 0 Å². The van der Waals surface area contributed by atoms with Gasteiger partial charge in [-0.05, 0) is 82.8 Å². The van der Waals surface area contributed by atoms with Crippen LogP contribution in [0.3, 0.4) is 0 Å². The molecule has 2 aliphatic heterocycles. The quantitative estimate of drug-likeness (QED) is 0.809. The van der Waals surface area contributed by atoms with E-state index in [-0.39, 0.29) is 11.9 Å². The minimum atomic E-state index is -0.158. The fourth-order valence-corrected chi connectivity index (χ4v) is 4.51. The Kier molecular flexibility index (Phi) is 6.48. The maximum absolute atomic E-state index is 13.1. The van der Waals surface area contributed by atoms with Gasteiger partial charge in [0, 0.05) is 25.7 Å². The molecule has 2 heterocycles. The molecule has 2 atom stereocenters. The van der Waals surface area contributed by atoms with E-state index in [2.05, 4.69) is 23.6 Å². The number of hydrogen-bond acceptors (Lipinski definition) is 3. The van der Waals surface area contributed by atoms with Crippen molar-refractivity contribution in [2.75, 3.05) is 33.3 Å². The van der Waals surface area contributed by atoms with E-state index in [9.17, 15) is 4.39 Å². The summed E-state index contributed by atoms with van der Waals surface area (Å²) in [5, 5.41) is 0. The van der Waals surface area contributed by atoms with Crippen molar-refractivity contribution in [3.63, 3.8) is 0 Å². The molecule has 0 spiro atoms. The third-order valence-corrected chi connectivity index (χ3v) is 6.19. The van der Waals surface area contributed by atoms with Gasteiger partial charge < -0.3 is 9.64 Å². The Morgan fingerprint density at radius 2 is 1.76 bits per heavy atom. The zero-order valence-corrected chi connectivity index (χ0v) is 16.0. The molecule has 0 N–H and O–H groups in total. The zero-order valence-electron chi connectivity index (χ0n) is 16.0. The SMILES string of the molecule is CO[C@H]1CN(C2CCN(C(C)C)CC2)CC[C@@H]1Cc1ccc(F)cc1. The summed E-state index contributed by atoms with van der Waals surface area (Å²) in [6, 6.07) is 8.32. The summed E-state index contributed by atoms with van der Waals surface area (Å²) in [5.41, 5.74) is 1.21. The molecule has 2 fully saturated rings. The normalized spacial score (nSPS) is 27.1. The van der Waals surface area contributed by atoms with Gasteiger partial charge in [0.1, 0.15) is 5.82 Å². The molecular weight excluding hydrogens is 315 g/mol. The molecule has 0 amide bonds. The number of ether oxygens (including phenoxy) is 1. The van der Waals surface area contributed by atoms with Crippen LogP contribution < -0.4 is 0 Å². The predicted molar refractivity (Wildman–Crippen MR) is 100 cm³/mol. The molecule has 1 aromatic carbocycles. The van der Waals surface area contributed by atoms with Crippen LogP contribution in [0, 0.1) is 11.7 Å².